The van der Waals surface area contributed by atoms with Crippen molar-refractivity contribution in [3.63, 3.8) is 0 Å². The van der Waals surface area contributed by atoms with Crippen molar-refractivity contribution in [3.8, 4) is 6.07 Å². The molecule has 0 spiro atoms. The molecule has 0 aliphatic heterocycles. The van der Waals surface area contributed by atoms with Crippen LogP contribution in [0.5, 0.6) is 0 Å². The third kappa shape index (κ3) is 3.28. The normalized spacial score (nSPS) is 12.3. The molecule has 0 atom stereocenters. The summed E-state index contributed by atoms with van der Waals surface area (Å²) in [5.41, 5.74) is 0.414. The van der Waals surface area contributed by atoms with Gasteiger partial charge in [-0.1, -0.05) is 20.8 Å². The minimum atomic E-state index is -0.539. The molecule has 0 saturated heterocycles. The van der Waals surface area contributed by atoms with Crippen LogP contribution in [0.15, 0.2) is 18.0 Å². The first-order valence-corrected chi connectivity index (χ1v) is 5.57. The molecule has 0 radical (unpaired) electrons. The molecular weight excluding hydrogens is 214 g/mol. The Morgan fingerprint density at radius 2 is 2.24 bits per heavy atom. The number of carbonyl (C=O) groups excluding carboxylic acids is 1. The Labute approximate surface area is 102 Å². The van der Waals surface area contributed by atoms with E-state index in [0.717, 1.165) is 12.1 Å². The molecule has 0 saturated carbocycles. The van der Waals surface area contributed by atoms with Gasteiger partial charge in [-0.2, -0.15) is 10.4 Å². The number of aryl methyl sites for hydroxylation is 1. The fraction of sp³-hybridized carbons (Fsp3) is 0.462. The van der Waals surface area contributed by atoms with E-state index in [-0.39, 0.29) is 11.4 Å². The van der Waals surface area contributed by atoms with Gasteiger partial charge >= 0.3 is 0 Å². The largest absolute Gasteiger partial charge is 0.293 e. The highest BCUT2D eigenvalue weighted by Crippen LogP contribution is 2.21. The summed E-state index contributed by atoms with van der Waals surface area (Å²) in [6, 6.07) is 1.96. The average molecular weight is 231 g/mol. The molecule has 1 rings (SSSR count). The molecule has 4 nitrogen and oxygen atoms in total. The van der Waals surface area contributed by atoms with Gasteiger partial charge < -0.3 is 0 Å². The minimum absolute atomic E-state index is 0.149. The van der Waals surface area contributed by atoms with Crippen molar-refractivity contribution < 1.29 is 4.79 Å². The molecule has 0 aliphatic rings. The van der Waals surface area contributed by atoms with Crippen molar-refractivity contribution in [1.82, 2.24) is 9.78 Å². The van der Waals surface area contributed by atoms with Crippen molar-refractivity contribution in [2.24, 2.45) is 5.41 Å². The molecule has 1 aromatic rings. The van der Waals surface area contributed by atoms with Crippen LogP contribution in [0, 0.1) is 16.7 Å². The summed E-state index contributed by atoms with van der Waals surface area (Å²) < 4.78 is 1.75. The SMILES string of the molecule is CCn1cc(/C=C(\C#N)C(=O)C(C)(C)C)cn1. The minimum Gasteiger partial charge on any atom is -0.293 e. The summed E-state index contributed by atoms with van der Waals surface area (Å²) in [6.45, 7) is 8.15. The molecular formula is C13H17N3O. The molecule has 1 heterocycles. The predicted octanol–water partition coefficient (Wildman–Crippen LogP) is 2.43. The average Bonchev–Trinajstić information content (AvgIpc) is 2.71. The lowest BCUT2D eigenvalue weighted by Crippen LogP contribution is -2.21. The van der Waals surface area contributed by atoms with Crippen molar-refractivity contribution in [3.05, 3.63) is 23.5 Å². The smallest absolute Gasteiger partial charge is 0.178 e. The highest BCUT2D eigenvalue weighted by atomic mass is 16.1. The summed E-state index contributed by atoms with van der Waals surface area (Å²) in [5.74, 6) is -0.149. The molecule has 0 bridgehead atoms. The molecule has 0 fully saturated rings. The predicted molar refractivity (Wildman–Crippen MR) is 66.0 cm³/mol. The number of allylic oxidation sites excluding steroid dienone is 1. The van der Waals surface area contributed by atoms with Gasteiger partial charge in [0.25, 0.3) is 0 Å². The van der Waals surface area contributed by atoms with Crippen molar-refractivity contribution in [2.75, 3.05) is 0 Å². The van der Waals surface area contributed by atoms with Gasteiger partial charge in [0.1, 0.15) is 6.07 Å². The quantitative estimate of drug-likeness (QED) is 0.593. The number of hydrogen-bond acceptors (Lipinski definition) is 3. The fourth-order valence-electron chi connectivity index (χ4n) is 1.35. The molecule has 0 unspecified atom stereocenters. The Balaban J connectivity index is 3.03. The number of Topliss-reactive ketones (excluding diaryl/α,β-unsaturated/α-hetero) is 1. The van der Waals surface area contributed by atoms with E-state index in [2.05, 4.69) is 5.10 Å². The topological polar surface area (TPSA) is 58.7 Å². The standard InChI is InChI=1S/C13H17N3O/c1-5-16-9-10(8-15-16)6-11(7-14)12(17)13(2,3)4/h6,8-9H,5H2,1-4H3/b11-6+. The van der Waals surface area contributed by atoms with Crippen molar-refractivity contribution in [1.29, 1.82) is 5.26 Å². The van der Waals surface area contributed by atoms with Gasteiger partial charge in [0.05, 0.1) is 11.8 Å². The van der Waals surface area contributed by atoms with Crippen LogP contribution >= 0.6 is 0 Å². The summed E-state index contributed by atoms with van der Waals surface area (Å²) in [7, 11) is 0. The summed E-state index contributed by atoms with van der Waals surface area (Å²) >= 11 is 0. The van der Waals surface area contributed by atoms with E-state index in [0.29, 0.717) is 0 Å². The van der Waals surface area contributed by atoms with Crippen LogP contribution in [0.3, 0.4) is 0 Å². The zero-order valence-corrected chi connectivity index (χ0v) is 10.7. The van der Waals surface area contributed by atoms with Crippen LogP contribution in [0.1, 0.15) is 33.3 Å². The van der Waals surface area contributed by atoms with Gasteiger partial charge in [-0.3, -0.25) is 9.48 Å². The van der Waals surface area contributed by atoms with E-state index in [1.807, 2.05) is 19.2 Å². The maximum absolute atomic E-state index is 12.0. The first-order valence-electron chi connectivity index (χ1n) is 5.57. The second kappa shape index (κ2) is 4.96. The lowest BCUT2D eigenvalue weighted by molar-refractivity contribution is -0.121. The molecule has 0 amide bonds. The monoisotopic (exact) mass is 231 g/mol. The molecule has 90 valence electrons. The van der Waals surface area contributed by atoms with E-state index >= 15 is 0 Å². The second-order valence-corrected chi connectivity index (χ2v) is 4.88. The zero-order valence-electron chi connectivity index (χ0n) is 10.7. The summed E-state index contributed by atoms with van der Waals surface area (Å²) in [5, 5.41) is 13.1. The van der Waals surface area contributed by atoms with Crippen LogP contribution in [-0.2, 0) is 11.3 Å². The summed E-state index contributed by atoms with van der Waals surface area (Å²) in [4.78, 5) is 12.0. The van der Waals surface area contributed by atoms with Gasteiger partial charge in [-0.15, -0.1) is 0 Å². The number of ketones is 1. The third-order valence-electron chi connectivity index (χ3n) is 2.33. The number of nitriles is 1. The molecule has 0 N–H and O–H groups in total. The Morgan fingerprint density at radius 3 is 2.65 bits per heavy atom. The molecule has 0 aromatic carbocycles. The van der Waals surface area contributed by atoms with E-state index in [4.69, 9.17) is 5.26 Å². The van der Waals surface area contributed by atoms with E-state index < -0.39 is 5.41 Å². The van der Waals surface area contributed by atoms with Gasteiger partial charge in [0.2, 0.25) is 0 Å². The lowest BCUT2D eigenvalue weighted by atomic mass is 9.86. The Hall–Kier alpha value is -1.89. The third-order valence-corrected chi connectivity index (χ3v) is 2.33. The maximum Gasteiger partial charge on any atom is 0.178 e. The Morgan fingerprint density at radius 1 is 1.59 bits per heavy atom. The Bertz CT molecular complexity index is 483. The van der Waals surface area contributed by atoms with Gasteiger partial charge in [-0.05, 0) is 13.0 Å². The van der Waals surface area contributed by atoms with Crippen LogP contribution in [0.4, 0.5) is 0 Å². The van der Waals surface area contributed by atoms with Crippen molar-refractivity contribution in [2.45, 2.75) is 34.2 Å². The molecule has 17 heavy (non-hydrogen) atoms. The van der Waals surface area contributed by atoms with E-state index in [1.165, 1.54) is 0 Å². The highest BCUT2D eigenvalue weighted by Gasteiger charge is 2.24. The molecule has 0 aliphatic carbocycles. The highest BCUT2D eigenvalue weighted by molar-refractivity contribution is 6.06. The number of carbonyl (C=O) groups is 1. The number of rotatable bonds is 3. The lowest BCUT2D eigenvalue weighted by Gasteiger charge is -2.15. The first-order chi connectivity index (χ1) is 7.88. The molecule has 1 aromatic heterocycles. The van der Waals surface area contributed by atoms with Crippen LogP contribution in [0.2, 0.25) is 0 Å². The van der Waals surface area contributed by atoms with Crippen LogP contribution in [0.25, 0.3) is 6.08 Å². The van der Waals surface area contributed by atoms with Crippen LogP contribution < -0.4 is 0 Å². The first kappa shape index (κ1) is 13.2. The van der Waals surface area contributed by atoms with Gasteiger partial charge in [0.15, 0.2) is 5.78 Å². The van der Waals surface area contributed by atoms with Crippen LogP contribution in [-0.4, -0.2) is 15.6 Å². The molecule has 4 heteroatoms. The fourth-order valence-corrected chi connectivity index (χ4v) is 1.35. The van der Waals surface area contributed by atoms with Gasteiger partial charge in [0, 0.05) is 23.7 Å². The maximum atomic E-state index is 12.0. The second-order valence-electron chi connectivity index (χ2n) is 4.88. The van der Waals surface area contributed by atoms with E-state index in [1.54, 1.807) is 37.7 Å². The zero-order chi connectivity index (χ0) is 13.1. The van der Waals surface area contributed by atoms with Crippen molar-refractivity contribution >= 4 is 11.9 Å². The Kier molecular flexibility index (Phi) is 3.84. The van der Waals surface area contributed by atoms with E-state index in [9.17, 15) is 4.79 Å². The summed E-state index contributed by atoms with van der Waals surface area (Å²) in [6.07, 6.45) is 5.05. The van der Waals surface area contributed by atoms with Gasteiger partial charge in [-0.25, -0.2) is 0 Å². The number of hydrogen-bond donors (Lipinski definition) is 0. The number of nitrogens with zero attached hydrogens (tertiary/aromatic N) is 3. The number of aromatic nitrogens is 2.